The lowest BCUT2D eigenvalue weighted by Gasteiger charge is -2.32. The largest absolute Gasteiger partial charge is 0.298 e. The van der Waals surface area contributed by atoms with Crippen molar-refractivity contribution in [2.24, 2.45) is 16.7 Å². The Hall–Kier alpha value is -1.88. The number of aryl methyl sites for hydroxylation is 1. The first-order valence-electron chi connectivity index (χ1n) is 10.0. The molecule has 0 aromatic heterocycles. The van der Waals surface area contributed by atoms with E-state index in [1.165, 1.54) is 0 Å². The lowest BCUT2D eigenvalue weighted by molar-refractivity contribution is -0.142. The molecule has 0 saturated carbocycles. The Balaban J connectivity index is 3.51. The number of hydrogen-bond donors (Lipinski definition) is 0. The van der Waals surface area contributed by atoms with Crippen molar-refractivity contribution in [3.05, 3.63) is 35.4 Å². The zero-order valence-corrected chi connectivity index (χ0v) is 18.4. The van der Waals surface area contributed by atoms with E-state index in [-0.39, 0.29) is 11.6 Å². The molecule has 0 amide bonds. The first-order chi connectivity index (χ1) is 12.4. The second-order valence-corrected chi connectivity index (χ2v) is 9.52. The molecule has 0 bridgehead atoms. The van der Waals surface area contributed by atoms with Gasteiger partial charge in [0.2, 0.25) is 0 Å². The minimum atomic E-state index is -0.748. The van der Waals surface area contributed by atoms with Crippen molar-refractivity contribution >= 4 is 11.6 Å². The molecule has 0 aliphatic heterocycles. The molecule has 0 saturated heterocycles. The molecule has 0 spiro atoms. The van der Waals surface area contributed by atoms with Crippen LogP contribution in [0.1, 0.15) is 84.8 Å². The molecule has 1 atom stereocenters. The van der Waals surface area contributed by atoms with Gasteiger partial charge < -0.3 is 0 Å². The second-order valence-electron chi connectivity index (χ2n) is 9.52. The van der Waals surface area contributed by atoms with Crippen molar-refractivity contribution in [3.8, 4) is 11.8 Å². The summed E-state index contributed by atoms with van der Waals surface area (Å²) in [6.07, 6.45) is 2.90. The van der Waals surface area contributed by atoms with E-state index in [0.717, 1.165) is 30.4 Å². The van der Waals surface area contributed by atoms with Gasteiger partial charge in [0.1, 0.15) is 11.6 Å². The number of unbranched alkanes of at least 4 members (excludes halogenated alkanes) is 2. The molecule has 1 aromatic carbocycles. The molecule has 0 aliphatic carbocycles. The number of carbonyl (C=O) groups is 2. The maximum Gasteiger partial charge on any atom is 0.150 e. The SMILES string of the molecule is CCCCC#CC(c1ccc(C)cc1)C(C(=O)C(C)(C)C)C(=O)C(C)(C)C. The first kappa shape index (κ1) is 23.2. The fourth-order valence-electron chi connectivity index (χ4n) is 2.94. The molecule has 0 heterocycles. The molecule has 1 unspecified atom stereocenters. The molecule has 148 valence electrons. The summed E-state index contributed by atoms with van der Waals surface area (Å²) >= 11 is 0. The molecular weight excluding hydrogens is 332 g/mol. The molecule has 0 fully saturated rings. The van der Waals surface area contributed by atoms with E-state index in [4.69, 9.17) is 0 Å². The summed E-state index contributed by atoms with van der Waals surface area (Å²) in [4.78, 5) is 26.7. The third-order valence-corrected chi connectivity index (χ3v) is 4.73. The molecular formula is C25H36O2. The van der Waals surface area contributed by atoms with Crippen LogP contribution in [0.15, 0.2) is 24.3 Å². The van der Waals surface area contributed by atoms with Gasteiger partial charge in [0.25, 0.3) is 0 Å². The van der Waals surface area contributed by atoms with E-state index in [1.807, 2.05) is 72.7 Å². The summed E-state index contributed by atoms with van der Waals surface area (Å²) in [5.41, 5.74) is 0.904. The van der Waals surface area contributed by atoms with Crippen molar-refractivity contribution < 1.29 is 9.59 Å². The molecule has 0 N–H and O–H groups in total. The summed E-state index contributed by atoms with van der Waals surface area (Å²) in [5, 5.41) is 0. The Bertz CT molecular complexity index is 674. The van der Waals surface area contributed by atoms with Crippen molar-refractivity contribution in [1.29, 1.82) is 0 Å². The Morgan fingerprint density at radius 3 is 1.81 bits per heavy atom. The minimum absolute atomic E-state index is 0.0298. The van der Waals surface area contributed by atoms with E-state index in [9.17, 15) is 9.59 Å². The van der Waals surface area contributed by atoms with Gasteiger partial charge in [-0.1, -0.05) is 90.6 Å². The molecule has 2 nitrogen and oxygen atoms in total. The summed E-state index contributed by atoms with van der Waals surface area (Å²) in [5.74, 6) is 5.33. The van der Waals surface area contributed by atoms with E-state index < -0.39 is 22.7 Å². The molecule has 0 radical (unpaired) electrons. The highest BCUT2D eigenvalue weighted by Crippen LogP contribution is 2.36. The Labute approximate surface area is 166 Å². The minimum Gasteiger partial charge on any atom is -0.298 e. The lowest BCUT2D eigenvalue weighted by Crippen LogP contribution is -2.42. The quantitative estimate of drug-likeness (QED) is 0.344. The molecule has 1 aromatic rings. The Morgan fingerprint density at radius 1 is 0.926 bits per heavy atom. The van der Waals surface area contributed by atoms with Crippen molar-refractivity contribution in [1.82, 2.24) is 0 Å². The van der Waals surface area contributed by atoms with Gasteiger partial charge in [0.05, 0.1) is 11.8 Å². The number of ketones is 2. The highest BCUT2D eigenvalue weighted by Gasteiger charge is 2.43. The lowest BCUT2D eigenvalue weighted by atomic mass is 9.68. The molecule has 2 heteroatoms. The number of carbonyl (C=O) groups excluding carboxylic acids is 2. The zero-order chi connectivity index (χ0) is 20.8. The van der Waals surface area contributed by atoms with Gasteiger partial charge in [-0.05, 0) is 18.9 Å². The topological polar surface area (TPSA) is 34.1 Å². The average molecular weight is 369 g/mol. The average Bonchev–Trinajstić information content (AvgIpc) is 2.56. The Kier molecular flexibility index (Phi) is 8.03. The third-order valence-electron chi connectivity index (χ3n) is 4.73. The summed E-state index contributed by atoms with van der Waals surface area (Å²) in [6, 6.07) is 8.06. The molecule has 1 rings (SSSR count). The van der Waals surface area contributed by atoms with Crippen LogP contribution in [0.2, 0.25) is 0 Å². The van der Waals surface area contributed by atoms with Crippen LogP contribution in [0.5, 0.6) is 0 Å². The number of rotatable bonds is 6. The highest BCUT2D eigenvalue weighted by molar-refractivity contribution is 6.07. The van der Waals surface area contributed by atoms with Crippen LogP contribution >= 0.6 is 0 Å². The Morgan fingerprint density at radius 2 is 1.41 bits per heavy atom. The fourth-order valence-corrected chi connectivity index (χ4v) is 2.94. The van der Waals surface area contributed by atoms with Crippen molar-refractivity contribution in [2.75, 3.05) is 0 Å². The molecule has 0 aliphatic rings. The van der Waals surface area contributed by atoms with Gasteiger partial charge in [0, 0.05) is 17.3 Å². The van der Waals surface area contributed by atoms with Gasteiger partial charge in [-0.2, -0.15) is 0 Å². The van der Waals surface area contributed by atoms with E-state index in [1.54, 1.807) is 0 Å². The van der Waals surface area contributed by atoms with Gasteiger partial charge in [-0.25, -0.2) is 0 Å². The van der Waals surface area contributed by atoms with Gasteiger partial charge in [-0.3, -0.25) is 9.59 Å². The number of benzene rings is 1. The summed E-state index contributed by atoms with van der Waals surface area (Å²) in [6.45, 7) is 15.5. The predicted octanol–water partition coefficient (Wildman–Crippen LogP) is 6.12. The van der Waals surface area contributed by atoms with Crippen LogP contribution in [0.3, 0.4) is 0 Å². The fraction of sp³-hybridized carbons (Fsp3) is 0.600. The van der Waals surface area contributed by atoms with E-state index >= 15 is 0 Å². The van der Waals surface area contributed by atoms with Crippen LogP contribution in [-0.4, -0.2) is 11.6 Å². The smallest absolute Gasteiger partial charge is 0.150 e. The highest BCUT2D eigenvalue weighted by atomic mass is 16.2. The first-order valence-corrected chi connectivity index (χ1v) is 10.0. The maximum atomic E-state index is 13.3. The zero-order valence-electron chi connectivity index (χ0n) is 18.4. The van der Waals surface area contributed by atoms with Crippen LogP contribution in [0.25, 0.3) is 0 Å². The standard InChI is InChI=1S/C25H36O2/c1-9-10-11-12-13-20(19-16-14-18(2)15-17-19)21(22(26)24(3,4)5)23(27)25(6,7)8/h14-17,20-21H,9-11H2,1-8H3. The van der Waals surface area contributed by atoms with Crippen LogP contribution in [-0.2, 0) is 9.59 Å². The van der Waals surface area contributed by atoms with Gasteiger partial charge in [-0.15, -0.1) is 5.92 Å². The van der Waals surface area contributed by atoms with Gasteiger partial charge in [0.15, 0.2) is 0 Å². The van der Waals surface area contributed by atoms with Crippen LogP contribution in [0.4, 0.5) is 0 Å². The second kappa shape index (κ2) is 9.36. The van der Waals surface area contributed by atoms with E-state index in [2.05, 4.69) is 18.8 Å². The van der Waals surface area contributed by atoms with Crippen LogP contribution < -0.4 is 0 Å². The normalized spacial score (nSPS) is 13.1. The number of hydrogen-bond acceptors (Lipinski definition) is 2. The molecule has 27 heavy (non-hydrogen) atoms. The predicted molar refractivity (Wildman–Crippen MR) is 114 cm³/mol. The summed E-state index contributed by atoms with van der Waals surface area (Å²) in [7, 11) is 0. The monoisotopic (exact) mass is 368 g/mol. The maximum absolute atomic E-state index is 13.3. The number of Topliss-reactive ketones (excluding diaryl/α,β-unsaturated/α-hetero) is 2. The van der Waals surface area contributed by atoms with Crippen LogP contribution in [0, 0.1) is 35.5 Å². The third kappa shape index (κ3) is 6.65. The van der Waals surface area contributed by atoms with Crippen molar-refractivity contribution in [3.63, 3.8) is 0 Å². The van der Waals surface area contributed by atoms with E-state index in [0.29, 0.717) is 0 Å². The summed E-state index contributed by atoms with van der Waals surface area (Å²) < 4.78 is 0. The van der Waals surface area contributed by atoms with Crippen molar-refractivity contribution in [2.45, 2.75) is 80.6 Å². The van der Waals surface area contributed by atoms with Gasteiger partial charge >= 0.3 is 0 Å².